The minimum atomic E-state index is -0.803. The summed E-state index contributed by atoms with van der Waals surface area (Å²) in [6.07, 6.45) is 10.7. The molecule has 6 atom stereocenters. The fourth-order valence-electron chi connectivity index (χ4n) is 4.41. The van der Waals surface area contributed by atoms with Gasteiger partial charge in [0.05, 0.1) is 24.8 Å². The minimum Gasteiger partial charge on any atom is -0.501 e. The number of ether oxygens (including phenoxy) is 3. The van der Waals surface area contributed by atoms with Crippen LogP contribution in [0.2, 0.25) is 0 Å². The molecule has 6 nitrogen and oxygen atoms in total. The van der Waals surface area contributed by atoms with Gasteiger partial charge >= 0.3 is 0 Å². The summed E-state index contributed by atoms with van der Waals surface area (Å²) in [5, 5.41) is 25.3. The van der Waals surface area contributed by atoms with Crippen molar-refractivity contribution >= 4 is 11.8 Å². The van der Waals surface area contributed by atoms with Gasteiger partial charge in [-0.15, -0.1) is 11.8 Å². The molecule has 0 amide bonds. The molecule has 0 saturated heterocycles. The normalized spacial score (nSPS) is 36.0. The van der Waals surface area contributed by atoms with Crippen LogP contribution in [0.5, 0.6) is 0 Å². The molecule has 0 aromatic heterocycles. The third-order valence-corrected chi connectivity index (χ3v) is 7.14. The van der Waals surface area contributed by atoms with Crippen molar-refractivity contribution < 1.29 is 19.3 Å². The van der Waals surface area contributed by atoms with Gasteiger partial charge in [0.15, 0.2) is 0 Å². The maximum Gasteiger partial charge on any atom is 0.126 e. The Kier molecular flexibility index (Phi) is 5.63. The number of rotatable bonds is 7. The fraction of sp³-hybridized carbons (Fsp3) is 0.500. The lowest BCUT2D eigenvalue weighted by atomic mass is 9.94. The molecule has 0 radical (unpaired) electrons. The largest absolute Gasteiger partial charge is 0.501 e. The molecule has 0 spiro atoms. The maximum atomic E-state index is 11.0. The Morgan fingerprint density at radius 1 is 1.41 bits per heavy atom. The highest BCUT2D eigenvalue weighted by atomic mass is 32.2. The third-order valence-electron chi connectivity index (χ3n) is 6.09. The number of nitrogens with zero attached hydrogens (tertiary/aromatic N) is 1. The van der Waals surface area contributed by atoms with Crippen LogP contribution in [0, 0.1) is 23.2 Å². The molecule has 1 heterocycles. The van der Waals surface area contributed by atoms with Gasteiger partial charge in [-0.2, -0.15) is 5.26 Å². The van der Waals surface area contributed by atoms with Crippen LogP contribution in [0.4, 0.5) is 0 Å². The first kappa shape index (κ1) is 20.3. The van der Waals surface area contributed by atoms with Crippen LogP contribution in [0.15, 0.2) is 58.4 Å². The second kappa shape index (κ2) is 8.04. The van der Waals surface area contributed by atoms with E-state index in [1.54, 1.807) is 33.1 Å². The van der Waals surface area contributed by atoms with Crippen molar-refractivity contribution in [3.8, 4) is 6.07 Å². The molecule has 4 aliphatic rings. The van der Waals surface area contributed by atoms with E-state index in [2.05, 4.69) is 29.6 Å². The average Bonchev–Trinajstić information content (AvgIpc) is 3.15. The van der Waals surface area contributed by atoms with E-state index in [1.807, 2.05) is 17.6 Å². The van der Waals surface area contributed by atoms with Gasteiger partial charge in [0.1, 0.15) is 28.9 Å². The number of nitrogens with one attached hydrogen (secondary N) is 1. The van der Waals surface area contributed by atoms with Crippen molar-refractivity contribution in [2.24, 2.45) is 11.8 Å². The van der Waals surface area contributed by atoms with Crippen LogP contribution >= 0.6 is 11.8 Å². The van der Waals surface area contributed by atoms with Gasteiger partial charge in [-0.05, 0) is 41.0 Å². The number of fused-ring (bicyclic) bond motifs is 1. The molecular formula is C22H26N2O4S. The Balaban J connectivity index is 1.46. The molecule has 1 saturated carbocycles. The summed E-state index contributed by atoms with van der Waals surface area (Å²) < 4.78 is 16.9. The average molecular weight is 415 g/mol. The maximum absolute atomic E-state index is 11.0. The second-order valence-electron chi connectivity index (χ2n) is 7.64. The number of hydrogen-bond acceptors (Lipinski definition) is 7. The van der Waals surface area contributed by atoms with Crippen LogP contribution < -0.4 is 5.32 Å². The van der Waals surface area contributed by atoms with E-state index < -0.39 is 11.7 Å². The summed E-state index contributed by atoms with van der Waals surface area (Å²) in [4.78, 5) is 0. The highest BCUT2D eigenvalue weighted by Crippen LogP contribution is 2.57. The van der Waals surface area contributed by atoms with Gasteiger partial charge in [-0.3, -0.25) is 0 Å². The predicted octanol–water partition coefficient (Wildman–Crippen LogP) is 2.77. The Hall–Kier alpha value is -1.98. The van der Waals surface area contributed by atoms with Gasteiger partial charge < -0.3 is 24.6 Å². The molecule has 7 heteroatoms. The molecule has 4 rings (SSSR count). The lowest BCUT2D eigenvalue weighted by Gasteiger charge is -2.24. The number of nitriles is 1. The summed E-state index contributed by atoms with van der Waals surface area (Å²) in [5.74, 6) is 1.08. The van der Waals surface area contributed by atoms with E-state index in [0.717, 1.165) is 23.5 Å². The second-order valence-corrected chi connectivity index (χ2v) is 8.62. The van der Waals surface area contributed by atoms with E-state index in [0.29, 0.717) is 12.3 Å². The number of aliphatic hydroxyl groups is 1. The molecule has 6 unspecified atom stereocenters. The number of hydrogen-bond donors (Lipinski definition) is 2. The summed E-state index contributed by atoms with van der Waals surface area (Å²) in [5.41, 5.74) is 2.08. The van der Waals surface area contributed by atoms with Gasteiger partial charge in [0, 0.05) is 20.6 Å². The summed E-state index contributed by atoms with van der Waals surface area (Å²) >= 11 is 1.64. The van der Waals surface area contributed by atoms with Gasteiger partial charge in [-0.1, -0.05) is 18.2 Å². The summed E-state index contributed by atoms with van der Waals surface area (Å²) in [7, 11) is 4.95. The first-order valence-electron chi connectivity index (χ1n) is 9.69. The molecular weight excluding hydrogens is 388 g/mol. The number of aliphatic hydroxyl groups excluding tert-OH is 1. The lowest BCUT2D eigenvalue weighted by molar-refractivity contribution is 0.0492. The molecule has 29 heavy (non-hydrogen) atoms. The standard InChI is InChI=1S/C22H26N2O4S/c1-26-17-10-15(11-22(28-3)18(17)20(22)27-2)19(25)16-12-29-21(24-16)14-6-4-13(5-7-14)8-9-23/h4,6-7,10-13,18-21,24-25H,5,8H2,1-3H3. The van der Waals surface area contributed by atoms with Gasteiger partial charge in [0.2, 0.25) is 0 Å². The zero-order valence-corrected chi connectivity index (χ0v) is 17.6. The first-order chi connectivity index (χ1) is 14.1. The fourth-order valence-corrected chi connectivity index (χ4v) is 5.42. The molecule has 1 fully saturated rings. The van der Waals surface area contributed by atoms with E-state index in [-0.39, 0.29) is 17.4 Å². The van der Waals surface area contributed by atoms with Gasteiger partial charge in [-0.25, -0.2) is 0 Å². The Morgan fingerprint density at radius 2 is 2.24 bits per heavy atom. The van der Waals surface area contributed by atoms with Crippen molar-refractivity contribution in [1.29, 1.82) is 5.26 Å². The zero-order chi connectivity index (χ0) is 20.6. The number of thioether (sulfide) groups is 1. The molecule has 3 aliphatic carbocycles. The topological polar surface area (TPSA) is 83.7 Å². The minimum absolute atomic E-state index is 0.0185. The van der Waals surface area contributed by atoms with Crippen LogP contribution in [-0.2, 0) is 14.2 Å². The predicted molar refractivity (Wildman–Crippen MR) is 111 cm³/mol. The summed E-state index contributed by atoms with van der Waals surface area (Å²) in [6, 6.07) is 2.22. The highest BCUT2D eigenvalue weighted by molar-refractivity contribution is 8.03. The Bertz CT molecular complexity index is 869. The van der Waals surface area contributed by atoms with E-state index in [4.69, 9.17) is 19.5 Å². The Morgan fingerprint density at radius 3 is 2.86 bits per heavy atom. The number of methoxy groups -OCH3 is 3. The Labute approximate surface area is 175 Å². The first-order valence-corrected chi connectivity index (χ1v) is 10.6. The zero-order valence-electron chi connectivity index (χ0n) is 16.8. The molecule has 154 valence electrons. The van der Waals surface area contributed by atoms with E-state index in [1.165, 1.54) is 5.57 Å². The molecule has 2 N–H and O–H groups in total. The van der Waals surface area contributed by atoms with Crippen molar-refractivity contribution in [2.75, 3.05) is 21.3 Å². The van der Waals surface area contributed by atoms with Crippen LogP contribution in [0.25, 0.3) is 0 Å². The van der Waals surface area contributed by atoms with E-state index in [9.17, 15) is 5.11 Å². The van der Waals surface area contributed by atoms with Crippen molar-refractivity contribution in [1.82, 2.24) is 5.32 Å². The van der Waals surface area contributed by atoms with Crippen molar-refractivity contribution in [3.63, 3.8) is 0 Å². The molecule has 1 aliphatic heterocycles. The molecule has 0 bridgehead atoms. The molecule has 0 aromatic rings. The van der Waals surface area contributed by atoms with Crippen LogP contribution in [0.3, 0.4) is 0 Å². The van der Waals surface area contributed by atoms with Crippen LogP contribution in [0.1, 0.15) is 12.8 Å². The monoisotopic (exact) mass is 414 g/mol. The van der Waals surface area contributed by atoms with Gasteiger partial charge in [0.25, 0.3) is 0 Å². The van der Waals surface area contributed by atoms with E-state index >= 15 is 0 Å². The highest BCUT2D eigenvalue weighted by Gasteiger charge is 2.69. The quantitative estimate of drug-likeness (QED) is 0.663. The SMILES string of the molecule is COC1=CC(C(O)C2=CSC(C3=CCC(CC#N)C=C3)N2)=CC2(OC)C(OC)C12. The van der Waals surface area contributed by atoms with Crippen LogP contribution in [-0.4, -0.2) is 49.6 Å². The molecule has 0 aromatic carbocycles. The summed E-state index contributed by atoms with van der Waals surface area (Å²) in [6.45, 7) is 0. The third kappa shape index (κ3) is 3.44. The number of allylic oxidation sites excluding steroid dienone is 2. The lowest BCUT2D eigenvalue weighted by Crippen LogP contribution is -2.31. The smallest absolute Gasteiger partial charge is 0.126 e. The van der Waals surface area contributed by atoms with Crippen molar-refractivity contribution in [3.05, 3.63) is 58.4 Å². The van der Waals surface area contributed by atoms with Crippen molar-refractivity contribution in [2.45, 2.75) is 36.0 Å².